The van der Waals surface area contributed by atoms with Crippen LogP contribution < -0.4 is 11.4 Å². The summed E-state index contributed by atoms with van der Waals surface area (Å²) in [4.78, 5) is 16.3. The van der Waals surface area contributed by atoms with E-state index in [-0.39, 0.29) is 15.6 Å². The largest absolute Gasteiger partial charge is 0.384 e. The van der Waals surface area contributed by atoms with E-state index in [0.717, 1.165) is 6.20 Å². The van der Waals surface area contributed by atoms with Gasteiger partial charge in [-0.2, -0.15) is 0 Å². The molecular formula is C10H9N3O3S. The molecule has 0 bridgehead atoms. The van der Waals surface area contributed by atoms with E-state index in [1.807, 2.05) is 0 Å². The fourth-order valence-corrected chi connectivity index (χ4v) is 2.64. The number of benzene rings is 1. The van der Waals surface area contributed by atoms with Gasteiger partial charge in [0.2, 0.25) is 9.84 Å². The Kier molecular flexibility index (Phi) is 2.68. The van der Waals surface area contributed by atoms with Crippen LogP contribution in [-0.4, -0.2) is 18.4 Å². The lowest BCUT2D eigenvalue weighted by Gasteiger charge is -2.05. The number of nitrogens with two attached hydrogens (primary N) is 1. The van der Waals surface area contributed by atoms with E-state index in [4.69, 9.17) is 5.73 Å². The van der Waals surface area contributed by atoms with Gasteiger partial charge in [0.25, 0.3) is 0 Å². The van der Waals surface area contributed by atoms with Crippen LogP contribution in [0, 0.1) is 0 Å². The lowest BCUT2D eigenvalue weighted by Crippen LogP contribution is -2.16. The zero-order chi connectivity index (χ0) is 12.5. The fourth-order valence-electron chi connectivity index (χ4n) is 1.34. The highest BCUT2D eigenvalue weighted by Gasteiger charge is 2.21. The number of nitrogens with zero attached hydrogens (tertiary/aromatic N) is 1. The molecule has 2 rings (SSSR count). The first-order chi connectivity index (χ1) is 8.01. The van der Waals surface area contributed by atoms with Gasteiger partial charge in [0, 0.05) is 0 Å². The SMILES string of the molecule is Nc1[nH]c(=O)ncc1S(=O)(=O)c1ccccc1. The fraction of sp³-hybridized carbons (Fsp3) is 0. The van der Waals surface area contributed by atoms with Crippen LogP contribution in [0.3, 0.4) is 0 Å². The first-order valence-corrected chi connectivity index (χ1v) is 6.15. The molecule has 1 aromatic carbocycles. The number of rotatable bonds is 2. The van der Waals surface area contributed by atoms with Crippen LogP contribution in [0.4, 0.5) is 5.82 Å². The van der Waals surface area contributed by atoms with Gasteiger partial charge < -0.3 is 5.73 Å². The van der Waals surface area contributed by atoms with E-state index in [1.165, 1.54) is 12.1 Å². The Hall–Kier alpha value is -2.15. The number of anilines is 1. The molecule has 0 radical (unpaired) electrons. The van der Waals surface area contributed by atoms with Crippen LogP contribution in [0.5, 0.6) is 0 Å². The Morgan fingerprint density at radius 1 is 1.18 bits per heavy atom. The van der Waals surface area contributed by atoms with Crippen LogP contribution in [0.1, 0.15) is 0 Å². The molecule has 0 aliphatic heterocycles. The predicted molar refractivity (Wildman–Crippen MR) is 61.2 cm³/mol. The highest BCUT2D eigenvalue weighted by Crippen LogP contribution is 2.22. The van der Waals surface area contributed by atoms with Crippen molar-refractivity contribution in [2.24, 2.45) is 0 Å². The van der Waals surface area contributed by atoms with E-state index in [2.05, 4.69) is 9.97 Å². The molecule has 0 aliphatic carbocycles. The summed E-state index contributed by atoms with van der Waals surface area (Å²) in [5.74, 6) is -0.214. The third-order valence-corrected chi connectivity index (χ3v) is 3.95. The molecule has 0 saturated carbocycles. The van der Waals surface area contributed by atoms with Crippen molar-refractivity contribution in [2.75, 3.05) is 5.73 Å². The summed E-state index contributed by atoms with van der Waals surface area (Å²) in [5, 5.41) is 0. The summed E-state index contributed by atoms with van der Waals surface area (Å²) in [7, 11) is -3.74. The normalized spacial score (nSPS) is 11.3. The standard InChI is InChI=1S/C10H9N3O3S/c11-9-8(6-12-10(14)13-9)17(15,16)7-4-2-1-3-5-7/h1-6H,(H3,11,12,13,14). The van der Waals surface area contributed by atoms with E-state index in [0.29, 0.717) is 0 Å². The molecule has 1 aromatic heterocycles. The predicted octanol–water partition coefficient (Wildman–Crippen LogP) is 0.185. The average Bonchev–Trinajstić information content (AvgIpc) is 2.29. The van der Waals surface area contributed by atoms with Gasteiger partial charge in [-0.3, -0.25) is 4.98 Å². The van der Waals surface area contributed by atoms with Gasteiger partial charge in [-0.15, -0.1) is 0 Å². The van der Waals surface area contributed by atoms with Gasteiger partial charge in [0.15, 0.2) is 0 Å². The number of H-pyrrole nitrogens is 1. The highest BCUT2D eigenvalue weighted by molar-refractivity contribution is 7.91. The van der Waals surface area contributed by atoms with E-state index >= 15 is 0 Å². The first-order valence-electron chi connectivity index (χ1n) is 4.67. The van der Waals surface area contributed by atoms with Crippen LogP contribution in [0.15, 0.2) is 51.1 Å². The summed E-state index contributed by atoms with van der Waals surface area (Å²) in [5.41, 5.74) is 4.78. The number of aromatic amines is 1. The third-order valence-electron chi connectivity index (χ3n) is 2.15. The van der Waals surface area contributed by atoms with Crippen molar-refractivity contribution < 1.29 is 8.42 Å². The van der Waals surface area contributed by atoms with Gasteiger partial charge in [-0.25, -0.2) is 18.2 Å². The molecular weight excluding hydrogens is 242 g/mol. The van der Waals surface area contributed by atoms with E-state index < -0.39 is 15.5 Å². The van der Waals surface area contributed by atoms with Crippen LogP contribution in [0.2, 0.25) is 0 Å². The Labute approximate surface area is 97.1 Å². The summed E-state index contributed by atoms with van der Waals surface area (Å²) in [6, 6.07) is 7.79. The molecule has 0 amide bonds. The Morgan fingerprint density at radius 2 is 1.82 bits per heavy atom. The number of nitrogens with one attached hydrogen (secondary N) is 1. The van der Waals surface area contributed by atoms with Crippen molar-refractivity contribution in [3.8, 4) is 0 Å². The van der Waals surface area contributed by atoms with E-state index in [9.17, 15) is 13.2 Å². The first kappa shape index (κ1) is 11.3. The number of hydrogen-bond donors (Lipinski definition) is 2. The smallest absolute Gasteiger partial charge is 0.346 e. The van der Waals surface area contributed by atoms with Gasteiger partial charge in [0.05, 0.1) is 11.1 Å². The number of sulfone groups is 1. The van der Waals surface area contributed by atoms with Gasteiger partial charge >= 0.3 is 5.69 Å². The Morgan fingerprint density at radius 3 is 2.41 bits per heavy atom. The van der Waals surface area contributed by atoms with Crippen molar-refractivity contribution in [3.05, 3.63) is 47.0 Å². The summed E-state index contributed by atoms with van der Waals surface area (Å²) in [6.45, 7) is 0. The second-order valence-corrected chi connectivity index (χ2v) is 5.20. The molecule has 88 valence electrons. The van der Waals surface area contributed by atoms with Crippen molar-refractivity contribution in [3.63, 3.8) is 0 Å². The summed E-state index contributed by atoms with van der Waals surface area (Å²) < 4.78 is 24.2. The summed E-state index contributed by atoms with van der Waals surface area (Å²) >= 11 is 0. The Balaban J connectivity index is 2.65. The second-order valence-electron chi connectivity index (χ2n) is 3.28. The van der Waals surface area contributed by atoms with Crippen molar-refractivity contribution in [1.82, 2.24) is 9.97 Å². The van der Waals surface area contributed by atoms with Crippen molar-refractivity contribution in [1.29, 1.82) is 0 Å². The van der Waals surface area contributed by atoms with Crippen LogP contribution in [-0.2, 0) is 9.84 Å². The third kappa shape index (κ3) is 2.04. The summed E-state index contributed by atoms with van der Waals surface area (Å²) in [6.07, 6.45) is 0.955. The molecule has 17 heavy (non-hydrogen) atoms. The minimum absolute atomic E-state index is 0.0977. The quantitative estimate of drug-likeness (QED) is 0.792. The van der Waals surface area contributed by atoms with Crippen LogP contribution in [0.25, 0.3) is 0 Å². The molecule has 2 aromatic rings. The minimum Gasteiger partial charge on any atom is -0.384 e. The average molecular weight is 251 g/mol. The number of nitrogen functional groups attached to an aromatic ring is 1. The van der Waals surface area contributed by atoms with Gasteiger partial charge in [0.1, 0.15) is 10.7 Å². The van der Waals surface area contributed by atoms with Gasteiger partial charge in [-0.1, -0.05) is 18.2 Å². The second kappa shape index (κ2) is 4.02. The Bertz CT molecular complexity index is 692. The zero-order valence-corrected chi connectivity index (χ0v) is 9.44. The van der Waals surface area contributed by atoms with Crippen molar-refractivity contribution >= 4 is 15.7 Å². The topological polar surface area (TPSA) is 106 Å². The molecule has 3 N–H and O–H groups in total. The lowest BCUT2D eigenvalue weighted by molar-refractivity contribution is 0.595. The minimum atomic E-state index is -3.74. The van der Waals surface area contributed by atoms with Crippen LogP contribution >= 0.6 is 0 Å². The van der Waals surface area contributed by atoms with Gasteiger partial charge in [-0.05, 0) is 12.1 Å². The molecule has 0 spiro atoms. The van der Waals surface area contributed by atoms with E-state index in [1.54, 1.807) is 18.2 Å². The lowest BCUT2D eigenvalue weighted by atomic mass is 10.4. The maximum atomic E-state index is 12.1. The molecule has 0 fully saturated rings. The number of aromatic nitrogens is 2. The monoisotopic (exact) mass is 251 g/mol. The van der Waals surface area contributed by atoms with Crippen molar-refractivity contribution in [2.45, 2.75) is 9.79 Å². The molecule has 0 saturated heterocycles. The maximum absolute atomic E-state index is 12.1. The zero-order valence-electron chi connectivity index (χ0n) is 8.62. The number of hydrogen-bond acceptors (Lipinski definition) is 5. The molecule has 0 atom stereocenters. The molecule has 7 heteroatoms. The highest BCUT2D eigenvalue weighted by atomic mass is 32.2. The maximum Gasteiger partial charge on any atom is 0.346 e. The molecule has 0 aliphatic rings. The molecule has 0 unspecified atom stereocenters. The molecule has 6 nitrogen and oxygen atoms in total. The molecule has 1 heterocycles.